The number of fused-ring (bicyclic) bond motifs is 3. The van der Waals surface area contributed by atoms with Crippen molar-refractivity contribution in [2.75, 3.05) is 14.2 Å². The molecule has 0 radical (unpaired) electrons. The molecule has 0 saturated heterocycles. The highest BCUT2D eigenvalue weighted by molar-refractivity contribution is 5.96. The summed E-state index contributed by atoms with van der Waals surface area (Å²) >= 11 is 0. The number of benzene rings is 2. The van der Waals surface area contributed by atoms with Gasteiger partial charge in [-0.3, -0.25) is 0 Å². The molecular weight excluding hydrogens is 360 g/mol. The van der Waals surface area contributed by atoms with E-state index in [2.05, 4.69) is 0 Å². The number of esters is 1. The summed E-state index contributed by atoms with van der Waals surface area (Å²) in [7, 11) is 3.00. The zero-order valence-electron chi connectivity index (χ0n) is 15.7. The van der Waals surface area contributed by atoms with Gasteiger partial charge in [0.05, 0.1) is 19.8 Å². The number of carbonyl (C=O) groups is 1. The molecule has 0 saturated carbocycles. The highest BCUT2D eigenvalue weighted by atomic mass is 16.6. The van der Waals surface area contributed by atoms with Crippen LogP contribution >= 0.6 is 0 Å². The summed E-state index contributed by atoms with van der Waals surface area (Å²) in [4.78, 5) is 25.2. The number of hydrogen-bond acceptors (Lipinski definition) is 6. The maximum atomic E-state index is 12.7. The number of carbonyl (C=O) groups excluding carboxylic acids is 1. The Bertz CT molecular complexity index is 1110. The van der Waals surface area contributed by atoms with Crippen LogP contribution in [0.4, 0.5) is 0 Å². The second-order valence-electron chi connectivity index (χ2n) is 6.65. The molecule has 144 valence electrons. The first-order valence-electron chi connectivity index (χ1n) is 9.14. The van der Waals surface area contributed by atoms with E-state index < -0.39 is 5.97 Å². The fraction of sp³-hybridized carbons (Fsp3) is 0.273. The highest BCUT2D eigenvalue weighted by Gasteiger charge is 2.24. The predicted octanol–water partition coefficient (Wildman–Crippen LogP) is 3.91. The van der Waals surface area contributed by atoms with Crippen molar-refractivity contribution in [2.45, 2.75) is 25.7 Å². The third-order valence-electron chi connectivity index (χ3n) is 5.03. The average Bonchev–Trinajstić information content (AvgIpc) is 2.74. The summed E-state index contributed by atoms with van der Waals surface area (Å²) < 4.78 is 21.7. The Morgan fingerprint density at radius 3 is 2.54 bits per heavy atom. The maximum absolute atomic E-state index is 12.7. The average molecular weight is 380 g/mol. The molecule has 3 aromatic rings. The SMILES string of the molecule is COc1cccc(C(=O)Oc2c(OC)ccc3c4c(c(=O)oc23)CCCC4)c1. The first-order chi connectivity index (χ1) is 13.6. The molecule has 0 unspecified atom stereocenters. The maximum Gasteiger partial charge on any atom is 0.343 e. The minimum Gasteiger partial charge on any atom is -0.497 e. The Morgan fingerprint density at radius 2 is 1.79 bits per heavy atom. The lowest BCUT2D eigenvalue weighted by Gasteiger charge is -2.18. The zero-order chi connectivity index (χ0) is 19.7. The Labute approximate surface area is 161 Å². The summed E-state index contributed by atoms with van der Waals surface area (Å²) in [5.74, 6) is 0.381. The molecule has 0 bridgehead atoms. The Balaban J connectivity index is 1.84. The molecule has 1 aliphatic carbocycles. The Kier molecular flexibility index (Phi) is 4.77. The summed E-state index contributed by atoms with van der Waals surface area (Å²) in [6, 6.07) is 10.2. The molecule has 0 fully saturated rings. The third kappa shape index (κ3) is 3.11. The largest absolute Gasteiger partial charge is 0.497 e. The van der Waals surface area contributed by atoms with Crippen LogP contribution in [-0.2, 0) is 12.8 Å². The lowest BCUT2D eigenvalue weighted by atomic mass is 9.90. The quantitative estimate of drug-likeness (QED) is 0.388. The normalized spacial score (nSPS) is 13.1. The molecule has 6 heteroatoms. The van der Waals surface area contributed by atoms with Crippen molar-refractivity contribution in [3.8, 4) is 17.2 Å². The van der Waals surface area contributed by atoms with Gasteiger partial charge in [-0.15, -0.1) is 0 Å². The van der Waals surface area contributed by atoms with E-state index in [1.807, 2.05) is 6.07 Å². The molecule has 1 aliphatic rings. The fourth-order valence-electron chi connectivity index (χ4n) is 3.62. The van der Waals surface area contributed by atoms with Gasteiger partial charge < -0.3 is 18.6 Å². The van der Waals surface area contributed by atoms with Gasteiger partial charge in [0.25, 0.3) is 0 Å². The van der Waals surface area contributed by atoms with Crippen LogP contribution in [0.5, 0.6) is 17.2 Å². The van der Waals surface area contributed by atoms with Crippen LogP contribution in [0.1, 0.15) is 34.3 Å². The highest BCUT2D eigenvalue weighted by Crippen LogP contribution is 2.38. The smallest absolute Gasteiger partial charge is 0.343 e. The fourth-order valence-corrected chi connectivity index (χ4v) is 3.62. The minimum absolute atomic E-state index is 0.110. The van der Waals surface area contributed by atoms with Gasteiger partial charge in [0.1, 0.15) is 5.75 Å². The lowest BCUT2D eigenvalue weighted by molar-refractivity contribution is 0.0729. The van der Waals surface area contributed by atoms with E-state index >= 15 is 0 Å². The molecule has 28 heavy (non-hydrogen) atoms. The van der Waals surface area contributed by atoms with Gasteiger partial charge in [-0.05, 0) is 61.6 Å². The van der Waals surface area contributed by atoms with Crippen LogP contribution in [0.25, 0.3) is 11.0 Å². The van der Waals surface area contributed by atoms with Gasteiger partial charge in [-0.1, -0.05) is 6.07 Å². The lowest BCUT2D eigenvalue weighted by Crippen LogP contribution is -2.17. The molecule has 0 atom stereocenters. The number of rotatable bonds is 4. The summed E-state index contributed by atoms with van der Waals surface area (Å²) in [5.41, 5.74) is 1.86. The molecule has 6 nitrogen and oxygen atoms in total. The predicted molar refractivity (Wildman–Crippen MR) is 104 cm³/mol. The van der Waals surface area contributed by atoms with Crippen molar-refractivity contribution in [1.29, 1.82) is 0 Å². The van der Waals surface area contributed by atoms with Crippen molar-refractivity contribution in [3.05, 3.63) is 63.5 Å². The molecular formula is C22H20O6. The van der Waals surface area contributed by atoms with Gasteiger partial charge in [-0.25, -0.2) is 9.59 Å². The third-order valence-corrected chi connectivity index (χ3v) is 5.03. The summed E-state index contributed by atoms with van der Waals surface area (Å²) in [6.45, 7) is 0. The second kappa shape index (κ2) is 7.38. The van der Waals surface area contributed by atoms with E-state index in [9.17, 15) is 9.59 Å². The van der Waals surface area contributed by atoms with E-state index in [1.54, 1.807) is 30.3 Å². The van der Waals surface area contributed by atoms with Crippen molar-refractivity contribution in [3.63, 3.8) is 0 Å². The van der Waals surface area contributed by atoms with Gasteiger partial charge in [0, 0.05) is 10.9 Å². The van der Waals surface area contributed by atoms with E-state index in [1.165, 1.54) is 14.2 Å². The van der Waals surface area contributed by atoms with E-state index in [-0.39, 0.29) is 17.0 Å². The van der Waals surface area contributed by atoms with Gasteiger partial charge in [0.2, 0.25) is 5.75 Å². The van der Waals surface area contributed by atoms with Crippen molar-refractivity contribution < 1.29 is 23.4 Å². The minimum atomic E-state index is -0.593. The number of ether oxygens (including phenoxy) is 3. The molecule has 0 spiro atoms. The van der Waals surface area contributed by atoms with Crippen LogP contribution in [0.3, 0.4) is 0 Å². The first-order valence-corrected chi connectivity index (χ1v) is 9.14. The summed E-state index contributed by atoms with van der Waals surface area (Å²) in [6.07, 6.45) is 3.49. The number of aryl methyl sites for hydroxylation is 1. The standard InChI is InChI=1S/C22H20O6/c1-25-14-7-5-6-13(12-14)21(23)28-20-18(26-2)11-10-16-15-8-3-4-9-17(15)22(24)27-19(16)20/h5-7,10-12H,3-4,8-9H2,1-2H3. The van der Waals surface area contributed by atoms with Crippen LogP contribution in [0, 0.1) is 0 Å². The first kappa shape index (κ1) is 18.1. The van der Waals surface area contributed by atoms with Gasteiger partial charge in [-0.2, -0.15) is 0 Å². The van der Waals surface area contributed by atoms with Crippen molar-refractivity contribution in [1.82, 2.24) is 0 Å². The van der Waals surface area contributed by atoms with Crippen LogP contribution in [0.15, 0.2) is 45.6 Å². The molecule has 0 amide bonds. The van der Waals surface area contributed by atoms with Crippen LogP contribution in [0.2, 0.25) is 0 Å². The van der Waals surface area contributed by atoms with Crippen molar-refractivity contribution in [2.24, 2.45) is 0 Å². The van der Waals surface area contributed by atoms with E-state index in [0.29, 0.717) is 29.0 Å². The molecule has 4 rings (SSSR count). The van der Waals surface area contributed by atoms with Crippen LogP contribution < -0.4 is 19.8 Å². The Morgan fingerprint density at radius 1 is 1.00 bits per heavy atom. The number of hydrogen-bond donors (Lipinski definition) is 0. The topological polar surface area (TPSA) is 75.0 Å². The van der Waals surface area contributed by atoms with Crippen molar-refractivity contribution >= 4 is 16.9 Å². The van der Waals surface area contributed by atoms with E-state index in [0.717, 1.165) is 30.2 Å². The number of methoxy groups -OCH3 is 2. The van der Waals surface area contributed by atoms with E-state index in [4.69, 9.17) is 18.6 Å². The van der Waals surface area contributed by atoms with Crippen LogP contribution in [-0.4, -0.2) is 20.2 Å². The van der Waals surface area contributed by atoms with Gasteiger partial charge in [0.15, 0.2) is 11.3 Å². The second-order valence-corrected chi connectivity index (χ2v) is 6.65. The monoisotopic (exact) mass is 380 g/mol. The molecule has 0 aliphatic heterocycles. The molecule has 1 aromatic heterocycles. The Hall–Kier alpha value is -3.28. The van der Waals surface area contributed by atoms with Gasteiger partial charge >= 0.3 is 11.6 Å². The molecule has 1 heterocycles. The summed E-state index contributed by atoms with van der Waals surface area (Å²) in [5, 5.41) is 0.781. The molecule has 2 aromatic carbocycles. The molecule has 0 N–H and O–H groups in total. The zero-order valence-corrected chi connectivity index (χ0v) is 15.7.